The van der Waals surface area contributed by atoms with E-state index in [1.807, 2.05) is 0 Å². The van der Waals surface area contributed by atoms with Gasteiger partial charge >= 0.3 is 5.97 Å². The first-order chi connectivity index (χ1) is 18.5. The second kappa shape index (κ2) is 26.4. The lowest BCUT2D eigenvalue weighted by Gasteiger charge is -2.40. The summed E-state index contributed by atoms with van der Waals surface area (Å²) in [4.78, 5) is 10.0. The number of methoxy groups -OCH3 is 1. The molecule has 1 fully saturated rings. The molecule has 5 N–H and O–H groups in total. The fraction of sp³-hybridized carbons (Fsp3) is 0.963. The molecule has 0 saturated carbocycles. The van der Waals surface area contributed by atoms with E-state index in [9.17, 15) is 25.2 Å². The molecule has 0 aliphatic carbocycles. The normalized spacial score (nSPS) is 24.0. The molecule has 0 aromatic heterocycles. The van der Waals surface area contributed by atoms with Crippen molar-refractivity contribution in [1.82, 2.24) is 0 Å². The highest BCUT2D eigenvalue weighted by atomic mass is 33.1. The van der Waals surface area contributed by atoms with Crippen molar-refractivity contribution in [3.8, 4) is 0 Å². The zero-order chi connectivity index (χ0) is 29.6. The number of aliphatic hydroxyl groups excluding tert-OH is 5. The first kappa shape index (κ1) is 41.9. The van der Waals surface area contributed by atoms with Gasteiger partial charge in [-0.25, -0.2) is 0 Å². The van der Waals surface area contributed by atoms with Crippen LogP contribution in [0.2, 0.25) is 0 Å². The molecule has 13 heteroatoms. The molecule has 242 valence electrons. The second-order valence-electron chi connectivity index (χ2n) is 9.80. The molecule has 7 atom stereocenters. The SMILES string of the molecule is C.CC(C)CCOC(C)CCOCCSSCC1OC(OCCCC(C)O)C(O)C(O)C1O.COC(=O)CCO. The van der Waals surface area contributed by atoms with Crippen LogP contribution in [-0.2, 0) is 28.5 Å². The molecule has 0 amide bonds. The number of esters is 1. The quantitative estimate of drug-likeness (QED) is 0.0766. The maximum absolute atomic E-state index is 10.2. The summed E-state index contributed by atoms with van der Waals surface area (Å²) in [6.45, 7) is 10.4. The van der Waals surface area contributed by atoms with Gasteiger partial charge < -0.3 is 49.2 Å². The molecule has 1 aliphatic heterocycles. The summed E-state index contributed by atoms with van der Waals surface area (Å²) in [6.07, 6.45) is -2.43. The number of carbonyl (C=O) groups is 1. The summed E-state index contributed by atoms with van der Waals surface area (Å²) in [5.74, 6) is 1.52. The summed E-state index contributed by atoms with van der Waals surface area (Å²) in [7, 11) is 4.42. The lowest BCUT2D eigenvalue weighted by atomic mass is 10.00. The van der Waals surface area contributed by atoms with Gasteiger partial charge in [-0.15, -0.1) is 0 Å². The molecule has 0 bridgehead atoms. The Balaban J connectivity index is 0. The first-order valence-electron chi connectivity index (χ1n) is 13.6. The molecule has 1 rings (SSSR count). The molecule has 1 aliphatic rings. The van der Waals surface area contributed by atoms with Crippen LogP contribution >= 0.6 is 21.6 Å². The van der Waals surface area contributed by atoms with Crippen molar-refractivity contribution in [1.29, 1.82) is 0 Å². The van der Waals surface area contributed by atoms with Crippen molar-refractivity contribution in [2.75, 3.05) is 51.6 Å². The fourth-order valence-electron chi connectivity index (χ4n) is 3.17. The first-order valence-corrected chi connectivity index (χ1v) is 16.1. The summed E-state index contributed by atoms with van der Waals surface area (Å²) < 4.78 is 26.8. The van der Waals surface area contributed by atoms with Crippen LogP contribution in [0.25, 0.3) is 0 Å². The van der Waals surface area contributed by atoms with E-state index in [0.717, 1.165) is 25.2 Å². The lowest BCUT2D eigenvalue weighted by Crippen LogP contribution is -2.58. The predicted octanol–water partition coefficient (Wildman–Crippen LogP) is 2.39. The van der Waals surface area contributed by atoms with Gasteiger partial charge in [0, 0.05) is 31.3 Å². The van der Waals surface area contributed by atoms with Crippen molar-refractivity contribution in [2.45, 2.75) is 110 Å². The summed E-state index contributed by atoms with van der Waals surface area (Å²) in [5.41, 5.74) is 0. The lowest BCUT2D eigenvalue weighted by molar-refractivity contribution is -0.292. The van der Waals surface area contributed by atoms with Gasteiger partial charge in [-0.2, -0.15) is 0 Å². The van der Waals surface area contributed by atoms with Gasteiger partial charge in [0.25, 0.3) is 0 Å². The molecule has 1 heterocycles. The van der Waals surface area contributed by atoms with Crippen LogP contribution in [0.15, 0.2) is 0 Å². The number of hydrogen-bond acceptors (Lipinski definition) is 13. The van der Waals surface area contributed by atoms with Gasteiger partial charge in [0.2, 0.25) is 0 Å². The van der Waals surface area contributed by atoms with Gasteiger partial charge in [-0.1, -0.05) is 42.9 Å². The van der Waals surface area contributed by atoms with E-state index >= 15 is 0 Å². The highest BCUT2D eigenvalue weighted by Crippen LogP contribution is 2.29. The Morgan fingerprint density at radius 1 is 0.925 bits per heavy atom. The molecule has 0 spiro atoms. The van der Waals surface area contributed by atoms with Crippen molar-refractivity contribution < 1.29 is 54.0 Å². The van der Waals surface area contributed by atoms with Crippen LogP contribution in [0.1, 0.15) is 67.2 Å². The van der Waals surface area contributed by atoms with E-state index in [-0.39, 0.29) is 32.5 Å². The minimum atomic E-state index is -1.32. The van der Waals surface area contributed by atoms with E-state index in [2.05, 4.69) is 25.5 Å². The Morgan fingerprint density at radius 2 is 1.62 bits per heavy atom. The Bertz CT molecular complexity index is 587. The van der Waals surface area contributed by atoms with Gasteiger partial charge in [-0.3, -0.25) is 4.79 Å². The fourth-order valence-corrected chi connectivity index (χ4v) is 5.23. The molecule has 40 heavy (non-hydrogen) atoms. The van der Waals surface area contributed by atoms with Crippen molar-refractivity contribution in [2.24, 2.45) is 5.92 Å². The maximum atomic E-state index is 10.2. The number of hydrogen-bond donors (Lipinski definition) is 5. The minimum absolute atomic E-state index is 0. The minimum Gasteiger partial charge on any atom is -0.469 e. The average molecular weight is 621 g/mol. The second-order valence-corrected chi connectivity index (χ2v) is 12.4. The van der Waals surface area contributed by atoms with E-state index in [1.165, 1.54) is 17.9 Å². The Morgan fingerprint density at radius 3 is 2.20 bits per heavy atom. The molecular formula is C27H56O11S2. The molecule has 0 radical (unpaired) electrons. The molecule has 11 nitrogen and oxygen atoms in total. The summed E-state index contributed by atoms with van der Waals surface area (Å²) >= 11 is 0. The van der Waals surface area contributed by atoms with Crippen LogP contribution in [0.5, 0.6) is 0 Å². The third-order valence-corrected chi connectivity index (χ3v) is 8.03. The van der Waals surface area contributed by atoms with Crippen LogP contribution in [-0.4, -0.2) is 126 Å². The maximum Gasteiger partial charge on any atom is 0.307 e. The van der Waals surface area contributed by atoms with Crippen LogP contribution in [0.4, 0.5) is 0 Å². The van der Waals surface area contributed by atoms with Gasteiger partial charge in [0.05, 0.1) is 45.1 Å². The van der Waals surface area contributed by atoms with Gasteiger partial charge in [-0.05, 0) is 45.4 Å². The number of ether oxygens (including phenoxy) is 5. The third kappa shape index (κ3) is 21.5. The van der Waals surface area contributed by atoms with E-state index in [0.29, 0.717) is 44.3 Å². The average Bonchev–Trinajstić information content (AvgIpc) is 2.88. The van der Waals surface area contributed by atoms with Crippen LogP contribution < -0.4 is 0 Å². The molecule has 0 aromatic rings. The number of carbonyl (C=O) groups excluding carboxylic acids is 1. The highest BCUT2D eigenvalue weighted by Gasteiger charge is 2.44. The van der Waals surface area contributed by atoms with Crippen molar-refractivity contribution in [3.63, 3.8) is 0 Å². The van der Waals surface area contributed by atoms with Gasteiger partial charge in [0.15, 0.2) is 6.29 Å². The molecule has 1 saturated heterocycles. The van der Waals surface area contributed by atoms with Crippen LogP contribution in [0.3, 0.4) is 0 Å². The molecule has 7 unspecified atom stereocenters. The smallest absolute Gasteiger partial charge is 0.307 e. The van der Waals surface area contributed by atoms with E-state index in [4.69, 9.17) is 24.1 Å². The van der Waals surface area contributed by atoms with Crippen molar-refractivity contribution in [3.05, 3.63) is 0 Å². The standard InChI is InChI=1S/C22H44O8S2.C4H8O3.CH4/c1-15(2)7-11-28-17(4)8-10-27-12-13-31-32-14-18-19(24)20(25)21(26)22(30-18)29-9-5-6-16(3)23;1-7-4(6)2-3-5;/h15-26H,5-14H2,1-4H3;5H,2-3H2,1H3;1H4. The van der Waals surface area contributed by atoms with E-state index in [1.54, 1.807) is 17.7 Å². The zero-order valence-corrected chi connectivity index (χ0v) is 25.7. The monoisotopic (exact) mass is 620 g/mol. The third-order valence-electron chi connectivity index (χ3n) is 5.65. The predicted molar refractivity (Wildman–Crippen MR) is 159 cm³/mol. The Kier molecular flexibility index (Phi) is 27.7. The van der Waals surface area contributed by atoms with Gasteiger partial charge in [0.1, 0.15) is 18.3 Å². The van der Waals surface area contributed by atoms with Crippen molar-refractivity contribution >= 4 is 27.6 Å². The Labute approximate surface area is 249 Å². The number of aliphatic hydroxyl groups is 5. The Hall–Kier alpha value is -0.190. The summed E-state index contributed by atoms with van der Waals surface area (Å²) in [6, 6.07) is 0. The largest absolute Gasteiger partial charge is 0.469 e. The molecule has 0 aromatic carbocycles. The zero-order valence-electron chi connectivity index (χ0n) is 24.1. The van der Waals surface area contributed by atoms with E-state index < -0.39 is 36.8 Å². The highest BCUT2D eigenvalue weighted by molar-refractivity contribution is 8.76. The van der Waals surface area contributed by atoms with Crippen LogP contribution in [0, 0.1) is 5.92 Å². The summed E-state index contributed by atoms with van der Waals surface area (Å²) in [5, 5.41) is 47.8. The number of rotatable bonds is 20. The topological polar surface area (TPSA) is 164 Å². The molecular weight excluding hydrogens is 564 g/mol.